The van der Waals surface area contributed by atoms with Gasteiger partial charge in [0, 0.05) is 65.6 Å². The summed E-state index contributed by atoms with van der Waals surface area (Å²) in [6.07, 6.45) is 9.01. The molecule has 1 aliphatic carbocycles. The number of aromatic nitrogens is 2. The van der Waals surface area contributed by atoms with Crippen LogP contribution in [0.2, 0.25) is 0 Å². The lowest BCUT2D eigenvalue weighted by Gasteiger charge is -2.11. The van der Waals surface area contributed by atoms with E-state index >= 15 is 0 Å². The second-order valence-corrected chi connectivity index (χ2v) is 20.3. The molecular weight excluding hydrogens is 941 g/mol. The molecular formula is C72H46N2O3. The number of hydrogen-bond donors (Lipinski definition) is 0. The first kappa shape index (κ1) is 43.3. The number of hydrogen-bond acceptors (Lipinski definition) is 3. The lowest BCUT2D eigenvalue weighted by atomic mass is 9.98. The van der Waals surface area contributed by atoms with Crippen molar-refractivity contribution in [1.82, 2.24) is 9.13 Å². The van der Waals surface area contributed by atoms with Gasteiger partial charge in [-0.25, -0.2) is 0 Å². The van der Waals surface area contributed by atoms with Crippen molar-refractivity contribution in [2.45, 2.75) is 12.8 Å². The third-order valence-electron chi connectivity index (χ3n) is 15.8. The average molecular weight is 987 g/mol. The smallest absolute Gasteiger partial charge is 0.143 e. The Hall–Kier alpha value is -10.1. The zero-order valence-corrected chi connectivity index (χ0v) is 41.8. The SMILES string of the molecule is C1=CC(c2ccc3c(c2)c2cc(Oc4ccc5c(c4)c4cc(-c6ccccc6)ccc4n5-c4ccc(-c5cccc6c5oc5ccccc56)cc4)ccc2n3-c2ccc(-c3cccc4c3oc3ccccc34)cc2)=CCC1. The zero-order valence-electron chi connectivity index (χ0n) is 41.8. The first-order valence-electron chi connectivity index (χ1n) is 26.4. The van der Waals surface area contributed by atoms with Gasteiger partial charge in [0.05, 0.1) is 22.1 Å². The van der Waals surface area contributed by atoms with Crippen molar-refractivity contribution >= 4 is 93.1 Å². The van der Waals surface area contributed by atoms with Gasteiger partial charge in [0.2, 0.25) is 0 Å². The van der Waals surface area contributed by atoms with E-state index in [0.29, 0.717) is 0 Å². The van der Waals surface area contributed by atoms with Crippen LogP contribution in [0.5, 0.6) is 11.5 Å². The summed E-state index contributed by atoms with van der Waals surface area (Å²) in [6.45, 7) is 0. The number of benzene rings is 11. The summed E-state index contributed by atoms with van der Waals surface area (Å²) in [5.74, 6) is 1.54. The Bertz CT molecular complexity index is 4930. The minimum Gasteiger partial charge on any atom is -0.457 e. The number of nitrogens with zero attached hydrogens (tertiary/aromatic N) is 2. The molecule has 4 heterocycles. The van der Waals surface area contributed by atoms with Gasteiger partial charge < -0.3 is 22.7 Å². The first-order valence-corrected chi connectivity index (χ1v) is 26.4. The van der Waals surface area contributed by atoms with Crippen LogP contribution in [0.3, 0.4) is 0 Å². The highest BCUT2D eigenvalue weighted by atomic mass is 16.5. The lowest BCUT2D eigenvalue weighted by Crippen LogP contribution is -1.94. The van der Waals surface area contributed by atoms with Crippen molar-refractivity contribution in [3.63, 3.8) is 0 Å². The van der Waals surface area contributed by atoms with Gasteiger partial charge in [0.25, 0.3) is 0 Å². The summed E-state index contributed by atoms with van der Waals surface area (Å²) in [5, 5.41) is 9.08. The van der Waals surface area contributed by atoms with E-state index in [1.54, 1.807) is 0 Å². The maximum Gasteiger partial charge on any atom is 0.143 e. The van der Waals surface area contributed by atoms with Crippen LogP contribution >= 0.6 is 0 Å². The summed E-state index contributed by atoms with van der Waals surface area (Å²) in [6, 6.07) is 84.5. The van der Waals surface area contributed by atoms with Crippen molar-refractivity contribution in [3.8, 4) is 56.3 Å². The monoisotopic (exact) mass is 986 g/mol. The van der Waals surface area contributed by atoms with E-state index < -0.39 is 0 Å². The van der Waals surface area contributed by atoms with Crippen LogP contribution in [0.1, 0.15) is 18.4 Å². The quantitative estimate of drug-likeness (QED) is 0.152. The van der Waals surface area contributed by atoms with Gasteiger partial charge in [-0.3, -0.25) is 0 Å². The number of fused-ring (bicyclic) bond motifs is 12. The van der Waals surface area contributed by atoms with Crippen LogP contribution in [0, 0.1) is 0 Å². The second-order valence-electron chi connectivity index (χ2n) is 20.3. The van der Waals surface area contributed by atoms with Gasteiger partial charge in [-0.05, 0) is 143 Å². The fourth-order valence-electron chi connectivity index (χ4n) is 12.2. The molecule has 0 fully saturated rings. The molecule has 4 aromatic heterocycles. The third-order valence-corrected chi connectivity index (χ3v) is 15.8. The molecule has 5 nitrogen and oxygen atoms in total. The first-order chi connectivity index (χ1) is 38.1. The van der Waals surface area contributed by atoms with E-state index in [0.717, 1.165) is 146 Å². The van der Waals surface area contributed by atoms with E-state index in [-0.39, 0.29) is 0 Å². The fourth-order valence-corrected chi connectivity index (χ4v) is 12.2. The van der Waals surface area contributed by atoms with E-state index in [2.05, 4.69) is 240 Å². The molecule has 0 N–H and O–H groups in total. The van der Waals surface area contributed by atoms with Crippen LogP contribution in [0.25, 0.3) is 138 Å². The highest BCUT2D eigenvalue weighted by molar-refractivity contribution is 6.14. The van der Waals surface area contributed by atoms with Crippen LogP contribution in [-0.2, 0) is 0 Å². The molecule has 15 aromatic rings. The Morgan fingerprint density at radius 1 is 0.325 bits per heavy atom. The normalized spacial score (nSPS) is 12.9. The highest BCUT2D eigenvalue weighted by Gasteiger charge is 2.20. The number of ether oxygens (including phenoxy) is 1. The van der Waals surface area contributed by atoms with Crippen molar-refractivity contribution in [2.24, 2.45) is 0 Å². The van der Waals surface area contributed by atoms with Crippen LogP contribution < -0.4 is 4.74 Å². The molecule has 16 rings (SSSR count). The van der Waals surface area contributed by atoms with E-state index in [4.69, 9.17) is 13.6 Å². The second kappa shape index (κ2) is 17.2. The minimum absolute atomic E-state index is 0.771. The summed E-state index contributed by atoms with van der Waals surface area (Å²) in [4.78, 5) is 0. The maximum absolute atomic E-state index is 6.97. The van der Waals surface area contributed by atoms with Crippen molar-refractivity contribution in [2.75, 3.05) is 0 Å². The molecule has 1 aliphatic rings. The molecule has 0 spiro atoms. The van der Waals surface area contributed by atoms with Crippen LogP contribution in [0.15, 0.2) is 264 Å². The van der Waals surface area contributed by atoms with E-state index in [1.807, 2.05) is 24.3 Å². The van der Waals surface area contributed by atoms with Crippen LogP contribution in [-0.4, -0.2) is 9.13 Å². The Balaban J connectivity index is 0.795. The van der Waals surface area contributed by atoms with Gasteiger partial charge in [-0.2, -0.15) is 0 Å². The number of para-hydroxylation sites is 4. The molecule has 0 unspecified atom stereocenters. The van der Waals surface area contributed by atoms with Crippen molar-refractivity contribution in [1.29, 1.82) is 0 Å². The molecule has 0 atom stereocenters. The molecule has 11 aromatic carbocycles. The van der Waals surface area contributed by atoms with Crippen molar-refractivity contribution < 1.29 is 13.6 Å². The summed E-state index contributed by atoms with van der Waals surface area (Å²) >= 11 is 0. The minimum atomic E-state index is 0.771. The lowest BCUT2D eigenvalue weighted by molar-refractivity contribution is 0.484. The maximum atomic E-state index is 6.97. The number of furan rings is 2. The molecule has 362 valence electrons. The Morgan fingerprint density at radius 3 is 1.31 bits per heavy atom. The van der Waals surface area contributed by atoms with E-state index in [1.165, 1.54) is 22.1 Å². The van der Waals surface area contributed by atoms with Gasteiger partial charge in [-0.15, -0.1) is 0 Å². The van der Waals surface area contributed by atoms with Gasteiger partial charge >= 0.3 is 0 Å². The topological polar surface area (TPSA) is 45.4 Å². The van der Waals surface area contributed by atoms with Crippen molar-refractivity contribution in [3.05, 3.63) is 260 Å². The largest absolute Gasteiger partial charge is 0.457 e. The Labute approximate surface area is 443 Å². The molecule has 5 heteroatoms. The molecule has 0 radical (unpaired) electrons. The Morgan fingerprint density at radius 2 is 0.779 bits per heavy atom. The molecule has 77 heavy (non-hydrogen) atoms. The van der Waals surface area contributed by atoms with Crippen LogP contribution in [0.4, 0.5) is 0 Å². The Kier molecular flexibility index (Phi) is 9.70. The van der Waals surface area contributed by atoms with Gasteiger partial charge in [0.15, 0.2) is 0 Å². The predicted molar refractivity (Wildman–Crippen MR) is 319 cm³/mol. The molecule has 0 saturated carbocycles. The molecule has 0 aliphatic heterocycles. The van der Waals surface area contributed by atoms with Gasteiger partial charge in [0.1, 0.15) is 33.8 Å². The third kappa shape index (κ3) is 7.01. The summed E-state index contributed by atoms with van der Waals surface area (Å²) in [5.41, 5.74) is 19.4. The zero-order chi connectivity index (χ0) is 50.6. The standard InChI is InChI=1S/C72H46N2O3/c1-3-13-45(14-4-1)49-29-37-65-61(41-49)63-43-53(35-39-67(63)73(65)51-31-25-47(26-32-51)55-19-11-21-59-57-17-7-9-23-69(57)76-71(55)59)75-54-36-40-68-64(44-54)62-42-50(46-15-5-2-6-16-46)30-38-66(62)74(68)52-33-27-48(28-34-52)56-20-12-22-60-58-18-8-10-24-70(58)77-72(56)60/h1,3-5,7-44H,2,6H2. The average Bonchev–Trinajstić information content (AvgIpc) is 4.36. The summed E-state index contributed by atoms with van der Waals surface area (Å²) in [7, 11) is 0. The summed E-state index contributed by atoms with van der Waals surface area (Å²) < 4.78 is 24.6. The predicted octanol–water partition coefficient (Wildman–Crippen LogP) is 20.2. The fraction of sp³-hybridized carbons (Fsp3) is 0.0278. The molecule has 0 saturated heterocycles. The highest BCUT2D eigenvalue weighted by Crippen LogP contribution is 2.43. The molecule has 0 bridgehead atoms. The van der Waals surface area contributed by atoms with Gasteiger partial charge in [-0.1, -0.05) is 158 Å². The molecule has 0 amide bonds. The number of allylic oxidation sites excluding steroid dienone is 4. The number of rotatable bonds is 8. The van der Waals surface area contributed by atoms with E-state index in [9.17, 15) is 0 Å².